The fourth-order valence-corrected chi connectivity index (χ4v) is 2.28. The number of halogens is 2. The molecule has 1 aromatic carbocycles. The van der Waals surface area contributed by atoms with Gasteiger partial charge in [-0.15, -0.1) is 0 Å². The summed E-state index contributed by atoms with van der Waals surface area (Å²) in [7, 11) is -3.61. The maximum absolute atomic E-state index is 12.8. The fraction of sp³-hybridized carbons (Fsp3) is 0.125. The Morgan fingerprint density at radius 2 is 2.14 bits per heavy atom. The molecule has 14 heavy (non-hydrogen) atoms. The molecule has 3 nitrogen and oxygen atoms in total. The van der Waals surface area contributed by atoms with Crippen molar-refractivity contribution < 1.29 is 12.8 Å². The highest BCUT2D eigenvalue weighted by Crippen LogP contribution is 2.20. The molecule has 0 saturated heterocycles. The van der Waals surface area contributed by atoms with Crippen LogP contribution in [0.1, 0.15) is 0 Å². The SMILES string of the molecule is N#CCS(=O)(=O)c1ccc(F)c(Br)c1. The van der Waals surface area contributed by atoms with Crippen molar-refractivity contribution in [2.75, 3.05) is 5.75 Å². The van der Waals surface area contributed by atoms with Crippen molar-refractivity contribution in [3.63, 3.8) is 0 Å². The minimum atomic E-state index is -3.61. The zero-order valence-electron chi connectivity index (χ0n) is 6.87. The molecular formula is C8H5BrFNO2S. The molecule has 0 aromatic heterocycles. The Hall–Kier alpha value is -0.930. The van der Waals surface area contributed by atoms with Gasteiger partial charge in [0.05, 0.1) is 15.4 Å². The van der Waals surface area contributed by atoms with Crippen molar-refractivity contribution in [3.05, 3.63) is 28.5 Å². The molecule has 1 aromatic rings. The molecule has 1 rings (SSSR count). The lowest BCUT2D eigenvalue weighted by molar-refractivity contribution is 0.597. The summed E-state index contributed by atoms with van der Waals surface area (Å²) in [5, 5.41) is 8.27. The normalized spacial score (nSPS) is 10.9. The molecule has 0 fully saturated rings. The number of hydrogen-bond donors (Lipinski definition) is 0. The van der Waals surface area contributed by atoms with E-state index in [1.807, 2.05) is 0 Å². The van der Waals surface area contributed by atoms with E-state index in [1.165, 1.54) is 0 Å². The number of nitriles is 1. The first-order valence-corrected chi connectivity index (χ1v) is 5.96. The van der Waals surface area contributed by atoms with Gasteiger partial charge in [0.1, 0.15) is 11.6 Å². The lowest BCUT2D eigenvalue weighted by Gasteiger charge is -2.00. The Kier molecular flexibility index (Phi) is 3.24. The molecule has 0 unspecified atom stereocenters. The fourth-order valence-electron chi connectivity index (χ4n) is 0.839. The molecule has 0 aliphatic rings. The third-order valence-electron chi connectivity index (χ3n) is 1.50. The van der Waals surface area contributed by atoms with Gasteiger partial charge in [-0.1, -0.05) is 0 Å². The van der Waals surface area contributed by atoms with Crippen LogP contribution in [-0.2, 0) is 9.84 Å². The van der Waals surface area contributed by atoms with Crippen LogP contribution in [0.3, 0.4) is 0 Å². The Bertz CT molecular complexity index is 493. The number of hydrogen-bond acceptors (Lipinski definition) is 3. The van der Waals surface area contributed by atoms with Crippen LogP contribution in [0.2, 0.25) is 0 Å². The predicted molar refractivity (Wildman–Crippen MR) is 51.8 cm³/mol. The largest absolute Gasteiger partial charge is 0.223 e. The highest BCUT2D eigenvalue weighted by molar-refractivity contribution is 9.10. The monoisotopic (exact) mass is 277 g/mol. The summed E-state index contributed by atoms with van der Waals surface area (Å²) in [4.78, 5) is -0.0627. The van der Waals surface area contributed by atoms with Crippen molar-refractivity contribution in [1.82, 2.24) is 0 Å². The van der Waals surface area contributed by atoms with Gasteiger partial charge in [0.2, 0.25) is 0 Å². The minimum Gasteiger partial charge on any atom is -0.223 e. The van der Waals surface area contributed by atoms with Gasteiger partial charge in [0, 0.05) is 0 Å². The second kappa shape index (κ2) is 4.07. The summed E-state index contributed by atoms with van der Waals surface area (Å²) < 4.78 is 35.5. The van der Waals surface area contributed by atoms with Crippen LogP contribution in [0.15, 0.2) is 27.6 Å². The number of sulfone groups is 1. The van der Waals surface area contributed by atoms with Gasteiger partial charge in [-0.05, 0) is 34.1 Å². The Morgan fingerprint density at radius 3 is 2.64 bits per heavy atom. The summed E-state index contributed by atoms with van der Waals surface area (Å²) in [5.41, 5.74) is 0. The van der Waals surface area contributed by atoms with Crippen molar-refractivity contribution in [1.29, 1.82) is 5.26 Å². The molecule has 0 amide bonds. The van der Waals surface area contributed by atoms with E-state index in [0.29, 0.717) is 0 Å². The molecule has 0 atom stereocenters. The van der Waals surface area contributed by atoms with E-state index < -0.39 is 21.4 Å². The zero-order valence-corrected chi connectivity index (χ0v) is 9.27. The van der Waals surface area contributed by atoms with Gasteiger partial charge < -0.3 is 0 Å². The second-order valence-corrected chi connectivity index (χ2v) is 5.34. The van der Waals surface area contributed by atoms with Crippen LogP contribution in [-0.4, -0.2) is 14.2 Å². The van der Waals surface area contributed by atoms with Crippen molar-refractivity contribution in [2.45, 2.75) is 4.90 Å². The minimum absolute atomic E-state index is 0.0627. The summed E-state index contributed by atoms with van der Waals surface area (Å²) in [5.74, 6) is -1.15. The number of rotatable bonds is 2. The van der Waals surface area contributed by atoms with Crippen LogP contribution in [0.25, 0.3) is 0 Å². The highest BCUT2D eigenvalue weighted by Gasteiger charge is 2.15. The standard InChI is InChI=1S/C8H5BrFNO2S/c9-7-5-6(1-2-8(7)10)14(12,13)4-3-11/h1-2,5H,4H2. The van der Waals surface area contributed by atoms with Crippen LogP contribution in [0.4, 0.5) is 4.39 Å². The smallest absolute Gasteiger partial charge is 0.191 e. The van der Waals surface area contributed by atoms with Gasteiger partial charge in [-0.3, -0.25) is 0 Å². The van der Waals surface area contributed by atoms with E-state index in [0.717, 1.165) is 18.2 Å². The molecule has 0 spiro atoms. The van der Waals surface area contributed by atoms with E-state index in [4.69, 9.17) is 5.26 Å². The maximum atomic E-state index is 12.8. The molecule has 0 bridgehead atoms. The van der Waals surface area contributed by atoms with E-state index in [2.05, 4.69) is 15.9 Å². The molecule has 0 saturated carbocycles. The average molecular weight is 278 g/mol. The van der Waals surface area contributed by atoms with Crippen molar-refractivity contribution >= 4 is 25.8 Å². The number of nitrogens with zero attached hydrogens (tertiary/aromatic N) is 1. The first-order valence-electron chi connectivity index (χ1n) is 3.52. The zero-order chi connectivity index (χ0) is 10.8. The van der Waals surface area contributed by atoms with Crippen LogP contribution in [0, 0.1) is 17.1 Å². The Balaban J connectivity index is 3.23. The van der Waals surface area contributed by atoms with Gasteiger partial charge in [-0.25, -0.2) is 12.8 Å². The lowest BCUT2D eigenvalue weighted by atomic mass is 10.3. The Morgan fingerprint density at radius 1 is 1.50 bits per heavy atom. The summed E-state index contributed by atoms with van der Waals surface area (Å²) in [6.07, 6.45) is 0. The van der Waals surface area contributed by atoms with Crippen LogP contribution < -0.4 is 0 Å². The molecule has 0 aliphatic heterocycles. The van der Waals surface area contributed by atoms with Crippen molar-refractivity contribution in [2.24, 2.45) is 0 Å². The average Bonchev–Trinajstić information content (AvgIpc) is 2.09. The molecule has 74 valence electrons. The van der Waals surface area contributed by atoms with E-state index in [9.17, 15) is 12.8 Å². The summed E-state index contributed by atoms with van der Waals surface area (Å²) in [6, 6.07) is 4.85. The van der Waals surface area contributed by atoms with Crippen LogP contribution >= 0.6 is 15.9 Å². The van der Waals surface area contributed by atoms with E-state index >= 15 is 0 Å². The van der Waals surface area contributed by atoms with Gasteiger partial charge in [0.15, 0.2) is 9.84 Å². The maximum Gasteiger partial charge on any atom is 0.191 e. The molecule has 0 heterocycles. The number of benzene rings is 1. The molecule has 0 aliphatic carbocycles. The van der Waals surface area contributed by atoms with E-state index in [1.54, 1.807) is 6.07 Å². The lowest BCUT2D eigenvalue weighted by Crippen LogP contribution is -2.04. The van der Waals surface area contributed by atoms with Gasteiger partial charge in [0.25, 0.3) is 0 Å². The quantitative estimate of drug-likeness (QED) is 0.776. The molecule has 0 N–H and O–H groups in total. The Labute approximate surface area is 89.2 Å². The predicted octanol–water partition coefficient (Wildman–Crippen LogP) is 1.89. The summed E-state index contributed by atoms with van der Waals surface area (Å²) >= 11 is 2.87. The third-order valence-corrected chi connectivity index (χ3v) is 3.59. The second-order valence-electron chi connectivity index (χ2n) is 2.49. The van der Waals surface area contributed by atoms with E-state index in [-0.39, 0.29) is 9.37 Å². The van der Waals surface area contributed by atoms with Gasteiger partial charge in [-0.2, -0.15) is 5.26 Å². The van der Waals surface area contributed by atoms with Crippen LogP contribution in [0.5, 0.6) is 0 Å². The highest BCUT2D eigenvalue weighted by atomic mass is 79.9. The molecule has 0 radical (unpaired) electrons. The van der Waals surface area contributed by atoms with Crippen molar-refractivity contribution in [3.8, 4) is 6.07 Å². The molecule has 6 heteroatoms. The third kappa shape index (κ3) is 2.30. The van der Waals surface area contributed by atoms with Gasteiger partial charge >= 0.3 is 0 Å². The topological polar surface area (TPSA) is 57.9 Å². The first kappa shape index (κ1) is 11.1. The summed E-state index contributed by atoms with van der Waals surface area (Å²) in [6.45, 7) is 0. The molecular weight excluding hydrogens is 273 g/mol. The first-order chi connectivity index (χ1) is 6.47.